The monoisotopic (exact) mass is 216 g/mol. The standard InChI is InChI=1S/C13H16N2O/c1-8-2-5-12-11(6-8)15-13(16-12)9-3-4-10(14)7-9/h2,5-6,9-10H,3-4,7,14H2,1H3/t9-,10+/m1/s1. The second-order valence-electron chi connectivity index (χ2n) is 4.79. The molecule has 0 saturated heterocycles. The minimum absolute atomic E-state index is 0.321. The van der Waals surface area contributed by atoms with Crippen molar-refractivity contribution in [1.82, 2.24) is 4.98 Å². The molecule has 3 nitrogen and oxygen atoms in total. The maximum atomic E-state index is 5.91. The lowest BCUT2D eigenvalue weighted by molar-refractivity contribution is 0.471. The van der Waals surface area contributed by atoms with Crippen LogP contribution in [0.15, 0.2) is 22.6 Å². The third-order valence-electron chi connectivity index (χ3n) is 3.38. The Balaban J connectivity index is 1.99. The number of benzene rings is 1. The Kier molecular flexibility index (Phi) is 2.21. The predicted molar refractivity (Wildman–Crippen MR) is 63.3 cm³/mol. The quantitative estimate of drug-likeness (QED) is 0.797. The van der Waals surface area contributed by atoms with Gasteiger partial charge >= 0.3 is 0 Å². The molecular formula is C13H16N2O. The van der Waals surface area contributed by atoms with Crippen LogP contribution in [0, 0.1) is 6.92 Å². The van der Waals surface area contributed by atoms with Crippen LogP contribution in [0.1, 0.15) is 36.6 Å². The molecule has 2 aromatic rings. The summed E-state index contributed by atoms with van der Waals surface area (Å²) in [5, 5.41) is 0. The second kappa shape index (κ2) is 3.59. The molecule has 1 heterocycles. The van der Waals surface area contributed by atoms with Crippen LogP contribution in [0.3, 0.4) is 0 Å². The van der Waals surface area contributed by atoms with Gasteiger partial charge in [0, 0.05) is 12.0 Å². The molecule has 1 saturated carbocycles. The average Bonchev–Trinajstić information content (AvgIpc) is 2.83. The van der Waals surface area contributed by atoms with E-state index in [9.17, 15) is 0 Å². The molecule has 0 aliphatic heterocycles. The van der Waals surface area contributed by atoms with Crippen LogP contribution in [0.25, 0.3) is 11.1 Å². The van der Waals surface area contributed by atoms with Crippen LogP contribution in [-0.2, 0) is 0 Å². The molecule has 1 aliphatic rings. The number of hydrogen-bond donors (Lipinski definition) is 1. The fourth-order valence-electron chi connectivity index (χ4n) is 2.47. The van der Waals surface area contributed by atoms with E-state index in [2.05, 4.69) is 24.0 Å². The Labute approximate surface area is 94.7 Å². The number of oxazole rings is 1. The van der Waals surface area contributed by atoms with Crippen molar-refractivity contribution < 1.29 is 4.42 Å². The van der Waals surface area contributed by atoms with Gasteiger partial charge in [-0.05, 0) is 43.9 Å². The highest BCUT2D eigenvalue weighted by molar-refractivity contribution is 5.73. The summed E-state index contributed by atoms with van der Waals surface area (Å²) in [5.74, 6) is 1.29. The normalized spacial score (nSPS) is 25.4. The van der Waals surface area contributed by atoms with E-state index >= 15 is 0 Å². The topological polar surface area (TPSA) is 52.0 Å². The van der Waals surface area contributed by atoms with Gasteiger partial charge in [-0.1, -0.05) is 6.07 Å². The average molecular weight is 216 g/mol. The van der Waals surface area contributed by atoms with Gasteiger partial charge in [0.2, 0.25) is 0 Å². The number of hydrogen-bond acceptors (Lipinski definition) is 3. The molecule has 2 N–H and O–H groups in total. The highest BCUT2D eigenvalue weighted by atomic mass is 16.3. The van der Waals surface area contributed by atoms with Crippen LogP contribution >= 0.6 is 0 Å². The maximum Gasteiger partial charge on any atom is 0.198 e. The van der Waals surface area contributed by atoms with E-state index in [1.165, 1.54) is 5.56 Å². The fourth-order valence-corrected chi connectivity index (χ4v) is 2.47. The van der Waals surface area contributed by atoms with Crippen molar-refractivity contribution in [3.05, 3.63) is 29.7 Å². The number of fused-ring (bicyclic) bond motifs is 1. The molecule has 3 heteroatoms. The first-order chi connectivity index (χ1) is 7.72. The van der Waals surface area contributed by atoms with Gasteiger partial charge in [0.1, 0.15) is 5.52 Å². The Morgan fingerprint density at radius 2 is 2.25 bits per heavy atom. The lowest BCUT2D eigenvalue weighted by Gasteiger charge is -2.02. The zero-order valence-corrected chi connectivity index (χ0v) is 9.44. The lowest BCUT2D eigenvalue weighted by Crippen LogP contribution is -2.14. The van der Waals surface area contributed by atoms with E-state index in [-0.39, 0.29) is 0 Å². The molecule has 2 atom stereocenters. The minimum Gasteiger partial charge on any atom is -0.440 e. The smallest absolute Gasteiger partial charge is 0.198 e. The Hall–Kier alpha value is -1.35. The summed E-state index contributed by atoms with van der Waals surface area (Å²) in [7, 11) is 0. The number of aromatic nitrogens is 1. The molecule has 0 amide bonds. The first kappa shape index (κ1) is 9.85. The molecule has 0 radical (unpaired) electrons. The summed E-state index contributed by atoms with van der Waals surface area (Å²) in [6.45, 7) is 2.07. The Morgan fingerprint density at radius 3 is 3.00 bits per heavy atom. The number of nitrogens with zero attached hydrogens (tertiary/aromatic N) is 1. The summed E-state index contributed by atoms with van der Waals surface area (Å²) in [6, 6.07) is 6.44. The van der Waals surface area contributed by atoms with Gasteiger partial charge in [-0.3, -0.25) is 0 Å². The molecule has 1 aromatic carbocycles. The highest BCUT2D eigenvalue weighted by Crippen LogP contribution is 2.34. The van der Waals surface area contributed by atoms with Crippen molar-refractivity contribution in [2.75, 3.05) is 0 Å². The van der Waals surface area contributed by atoms with Gasteiger partial charge in [-0.25, -0.2) is 4.98 Å². The summed E-state index contributed by atoms with van der Waals surface area (Å²) in [4.78, 5) is 4.57. The van der Waals surface area contributed by atoms with E-state index in [1.54, 1.807) is 0 Å². The van der Waals surface area contributed by atoms with Crippen LogP contribution in [0.2, 0.25) is 0 Å². The van der Waals surface area contributed by atoms with Gasteiger partial charge in [-0.2, -0.15) is 0 Å². The van der Waals surface area contributed by atoms with Crippen molar-refractivity contribution in [2.45, 2.75) is 38.1 Å². The van der Waals surface area contributed by atoms with E-state index in [0.29, 0.717) is 12.0 Å². The molecule has 1 fully saturated rings. The fraction of sp³-hybridized carbons (Fsp3) is 0.462. The molecule has 3 rings (SSSR count). The summed E-state index contributed by atoms with van der Waals surface area (Å²) in [5.41, 5.74) is 8.99. The molecule has 84 valence electrons. The van der Waals surface area contributed by atoms with Crippen LogP contribution < -0.4 is 5.73 Å². The van der Waals surface area contributed by atoms with Crippen molar-refractivity contribution in [3.63, 3.8) is 0 Å². The summed E-state index contributed by atoms with van der Waals surface area (Å²) < 4.78 is 5.79. The van der Waals surface area contributed by atoms with Crippen molar-refractivity contribution in [1.29, 1.82) is 0 Å². The molecule has 0 unspecified atom stereocenters. The van der Waals surface area contributed by atoms with E-state index in [4.69, 9.17) is 10.2 Å². The van der Waals surface area contributed by atoms with Crippen molar-refractivity contribution >= 4 is 11.1 Å². The summed E-state index contributed by atoms with van der Waals surface area (Å²) >= 11 is 0. The van der Waals surface area contributed by atoms with Crippen molar-refractivity contribution in [3.8, 4) is 0 Å². The number of rotatable bonds is 1. The first-order valence-electron chi connectivity index (χ1n) is 5.85. The number of nitrogens with two attached hydrogens (primary N) is 1. The number of aryl methyl sites for hydroxylation is 1. The van der Waals surface area contributed by atoms with Gasteiger partial charge in [0.15, 0.2) is 11.5 Å². The molecule has 1 aliphatic carbocycles. The van der Waals surface area contributed by atoms with Gasteiger partial charge in [-0.15, -0.1) is 0 Å². The van der Waals surface area contributed by atoms with Crippen molar-refractivity contribution in [2.24, 2.45) is 5.73 Å². The van der Waals surface area contributed by atoms with E-state index in [1.807, 2.05) is 6.07 Å². The highest BCUT2D eigenvalue weighted by Gasteiger charge is 2.27. The second-order valence-corrected chi connectivity index (χ2v) is 4.79. The first-order valence-corrected chi connectivity index (χ1v) is 5.85. The SMILES string of the molecule is Cc1ccc2oc([C@@H]3CC[C@H](N)C3)nc2c1. The summed E-state index contributed by atoms with van der Waals surface area (Å²) in [6.07, 6.45) is 3.20. The van der Waals surface area contributed by atoms with E-state index < -0.39 is 0 Å². The maximum absolute atomic E-state index is 5.91. The Bertz CT molecular complexity index is 518. The minimum atomic E-state index is 0.321. The molecule has 1 aromatic heterocycles. The third kappa shape index (κ3) is 1.61. The van der Waals surface area contributed by atoms with Gasteiger partial charge in [0.05, 0.1) is 0 Å². The van der Waals surface area contributed by atoms with E-state index in [0.717, 1.165) is 36.3 Å². The van der Waals surface area contributed by atoms with Crippen LogP contribution in [-0.4, -0.2) is 11.0 Å². The molecule has 0 spiro atoms. The molecule has 0 bridgehead atoms. The lowest BCUT2D eigenvalue weighted by atomic mass is 10.1. The van der Waals surface area contributed by atoms with Gasteiger partial charge < -0.3 is 10.2 Å². The third-order valence-corrected chi connectivity index (χ3v) is 3.38. The zero-order chi connectivity index (χ0) is 11.1. The molecule has 16 heavy (non-hydrogen) atoms. The van der Waals surface area contributed by atoms with Crippen LogP contribution in [0.4, 0.5) is 0 Å². The largest absolute Gasteiger partial charge is 0.440 e. The van der Waals surface area contributed by atoms with Crippen LogP contribution in [0.5, 0.6) is 0 Å². The Morgan fingerprint density at radius 1 is 1.38 bits per heavy atom. The van der Waals surface area contributed by atoms with Gasteiger partial charge in [0.25, 0.3) is 0 Å². The predicted octanol–water partition coefficient (Wildman–Crippen LogP) is 2.73. The molecular weight excluding hydrogens is 200 g/mol. The zero-order valence-electron chi connectivity index (χ0n) is 9.44.